The highest BCUT2D eigenvalue weighted by Gasteiger charge is 2.33. The van der Waals surface area contributed by atoms with Gasteiger partial charge in [0.15, 0.2) is 0 Å². The van der Waals surface area contributed by atoms with Crippen LogP contribution in [0, 0.1) is 5.82 Å². The summed E-state index contributed by atoms with van der Waals surface area (Å²) in [6, 6.07) is 7.14. The SMILES string of the molecule is CON=C1CN(c2ncc(-c3cccc(CO)c3F)cc2C2CC2)C1. The molecule has 0 radical (unpaired) electrons. The van der Waals surface area contributed by atoms with Gasteiger partial charge in [-0.3, -0.25) is 0 Å². The molecule has 2 aromatic rings. The van der Waals surface area contributed by atoms with Crippen LogP contribution in [0.25, 0.3) is 11.1 Å². The Morgan fingerprint density at radius 1 is 1.36 bits per heavy atom. The molecule has 0 atom stereocenters. The first-order valence-electron chi connectivity index (χ1n) is 8.43. The highest BCUT2D eigenvalue weighted by atomic mass is 19.1. The summed E-state index contributed by atoms with van der Waals surface area (Å²) in [6.07, 6.45) is 4.00. The van der Waals surface area contributed by atoms with E-state index in [0.29, 0.717) is 30.1 Å². The lowest BCUT2D eigenvalue weighted by molar-refractivity contribution is 0.211. The summed E-state index contributed by atoms with van der Waals surface area (Å²) in [7, 11) is 1.55. The van der Waals surface area contributed by atoms with Crippen LogP contribution < -0.4 is 4.90 Å². The molecule has 1 aliphatic carbocycles. The van der Waals surface area contributed by atoms with Crippen LogP contribution in [0.2, 0.25) is 0 Å². The summed E-state index contributed by atoms with van der Waals surface area (Å²) in [6.45, 7) is 1.12. The van der Waals surface area contributed by atoms with Crippen molar-refractivity contribution in [1.29, 1.82) is 0 Å². The average Bonchev–Trinajstić information content (AvgIpc) is 3.43. The number of hydrogen-bond donors (Lipinski definition) is 1. The van der Waals surface area contributed by atoms with Crippen molar-refractivity contribution in [3.05, 3.63) is 47.4 Å². The quantitative estimate of drug-likeness (QED) is 0.849. The highest BCUT2D eigenvalue weighted by Crippen LogP contribution is 2.45. The summed E-state index contributed by atoms with van der Waals surface area (Å²) in [5, 5.41) is 13.2. The standard InChI is InChI=1S/C19H20FN3O2/c1-25-22-15-9-23(10-15)19-17(12-5-6-12)7-14(8-21-19)16-4-2-3-13(11-24)18(16)20/h2-4,7-8,12,24H,5-6,9-11H2,1H3. The van der Waals surface area contributed by atoms with Gasteiger partial charge >= 0.3 is 0 Å². The first-order chi connectivity index (χ1) is 12.2. The fourth-order valence-corrected chi connectivity index (χ4v) is 3.24. The molecule has 5 nitrogen and oxygen atoms in total. The third-order valence-corrected chi connectivity index (χ3v) is 4.74. The van der Waals surface area contributed by atoms with Crippen LogP contribution in [0.5, 0.6) is 0 Å². The summed E-state index contributed by atoms with van der Waals surface area (Å²) in [5.41, 5.74) is 3.71. The van der Waals surface area contributed by atoms with Gasteiger partial charge in [-0.05, 0) is 30.4 Å². The lowest BCUT2D eigenvalue weighted by Crippen LogP contribution is -2.48. The van der Waals surface area contributed by atoms with Gasteiger partial charge < -0.3 is 14.8 Å². The Balaban J connectivity index is 1.68. The monoisotopic (exact) mass is 341 g/mol. The molecule has 0 bridgehead atoms. The van der Waals surface area contributed by atoms with Crippen molar-refractivity contribution in [2.24, 2.45) is 5.16 Å². The molecule has 0 unspecified atom stereocenters. The van der Waals surface area contributed by atoms with Crippen molar-refractivity contribution in [2.45, 2.75) is 25.4 Å². The van der Waals surface area contributed by atoms with E-state index in [0.717, 1.165) is 29.9 Å². The molecule has 1 saturated carbocycles. The fourth-order valence-electron chi connectivity index (χ4n) is 3.24. The summed E-state index contributed by atoms with van der Waals surface area (Å²) >= 11 is 0. The third kappa shape index (κ3) is 2.98. The van der Waals surface area contributed by atoms with Gasteiger partial charge in [-0.2, -0.15) is 0 Å². The van der Waals surface area contributed by atoms with Gasteiger partial charge in [0.2, 0.25) is 0 Å². The number of anilines is 1. The normalized spacial score (nSPS) is 16.6. The molecule has 2 fully saturated rings. The molecule has 1 aliphatic heterocycles. The van der Waals surface area contributed by atoms with Gasteiger partial charge in [0.1, 0.15) is 18.7 Å². The van der Waals surface area contributed by atoms with E-state index in [1.54, 1.807) is 31.5 Å². The molecule has 1 aromatic carbocycles. The van der Waals surface area contributed by atoms with Crippen molar-refractivity contribution in [2.75, 3.05) is 25.1 Å². The van der Waals surface area contributed by atoms with Crippen molar-refractivity contribution in [3.63, 3.8) is 0 Å². The number of aliphatic hydroxyl groups is 1. The van der Waals surface area contributed by atoms with E-state index in [-0.39, 0.29) is 12.4 Å². The van der Waals surface area contributed by atoms with Crippen LogP contribution in [0.4, 0.5) is 10.2 Å². The van der Waals surface area contributed by atoms with E-state index in [1.165, 1.54) is 5.56 Å². The minimum Gasteiger partial charge on any atom is -0.399 e. The molecule has 1 N–H and O–H groups in total. The zero-order valence-corrected chi connectivity index (χ0v) is 14.1. The molecule has 0 spiro atoms. The number of hydrogen-bond acceptors (Lipinski definition) is 5. The Bertz CT molecular complexity index is 825. The van der Waals surface area contributed by atoms with Gasteiger partial charge in [0, 0.05) is 22.9 Å². The Labute approximate surface area is 145 Å². The summed E-state index contributed by atoms with van der Waals surface area (Å²) in [4.78, 5) is 11.6. The lowest BCUT2D eigenvalue weighted by atomic mass is 10.00. The number of aliphatic hydroxyl groups excluding tert-OH is 1. The van der Waals surface area contributed by atoms with Crippen LogP contribution in [0.3, 0.4) is 0 Å². The summed E-state index contributed by atoms with van der Waals surface area (Å²) < 4.78 is 14.6. The number of oxime groups is 1. The highest BCUT2D eigenvalue weighted by molar-refractivity contribution is 5.99. The molecule has 4 rings (SSSR count). The Morgan fingerprint density at radius 2 is 2.16 bits per heavy atom. The predicted molar refractivity (Wildman–Crippen MR) is 94.2 cm³/mol. The maximum absolute atomic E-state index is 14.6. The Kier molecular flexibility index (Phi) is 4.13. The zero-order valence-electron chi connectivity index (χ0n) is 14.1. The van der Waals surface area contributed by atoms with Crippen molar-refractivity contribution < 1.29 is 14.3 Å². The van der Waals surface area contributed by atoms with Crippen molar-refractivity contribution >= 4 is 11.5 Å². The smallest absolute Gasteiger partial charge is 0.136 e. The van der Waals surface area contributed by atoms with Gasteiger partial charge in [-0.1, -0.05) is 23.4 Å². The molecule has 2 heterocycles. The van der Waals surface area contributed by atoms with Gasteiger partial charge in [-0.25, -0.2) is 9.37 Å². The molecule has 1 saturated heterocycles. The van der Waals surface area contributed by atoms with Crippen LogP contribution in [-0.4, -0.2) is 36.0 Å². The predicted octanol–water partition coefficient (Wildman–Crippen LogP) is 3.08. The second kappa shape index (κ2) is 6.44. The zero-order chi connectivity index (χ0) is 17.4. The second-order valence-corrected chi connectivity index (χ2v) is 6.54. The molecule has 6 heteroatoms. The van der Waals surface area contributed by atoms with Crippen LogP contribution in [-0.2, 0) is 11.4 Å². The molecule has 0 amide bonds. The Morgan fingerprint density at radius 3 is 2.84 bits per heavy atom. The van der Waals surface area contributed by atoms with Crippen LogP contribution in [0.15, 0.2) is 35.6 Å². The van der Waals surface area contributed by atoms with Gasteiger partial charge in [0.05, 0.1) is 25.4 Å². The van der Waals surface area contributed by atoms with E-state index in [2.05, 4.69) is 15.0 Å². The number of rotatable bonds is 5. The van der Waals surface area contributed by atoms with Crippen molar-refractivity contribution in [1.82, 2.24) is 4.98 Å². The molecular formula is C19H20FN3O2. The average molecular weight is 341 g/mol. The number of halogens is 1. The first kappa shape index (κ1) is 16.0. The van der Waals surface area contributed by atoms with Gasteiger partial charge in [-0.15, -0.1) is 0 Å². The number of benzene rings is 1. The van der Waals surface area contributed by atoms with E-state index in [9.17, 15) is 9.50 Å². The number of nitrogens with zero attached hydrogens (tertiary/aromatic N) is 3. The van der Waals surface area contributed by atoms with E-state index < -0.39 is 0 Å². The second-order valence-electron chi connectivity index (χ2n) is 6.54. The molecular weight excluding hydrogens is 321 g/mol. The minimum atomic E-state index is -0.375. The number of aromatic nitrogens is 1. The topological polar surface area (TPSA) is 58.0 Å². The maximum atomic E-state index is 14.6. The largest absolute Gasteiger partial charge is 0.399 e. The molecule has 2 aliphatic rings. The molecule has 25 heavy (non-hydrogen) atoms. The maximum Gasteiger partial charge on any atom is 0.136 e. The van der Waals surface area contributed by atoms with Gasteiger partial charge in [0.25, 0.3) is 0 Å². The summed E-state index contributed by atoms with van der Waals surface area (Å²) in [5.74, 6) is 1.08. The Hall–Kier alpha value is -2.47. The van der Waals surface area contributed by atoms with Crippen LogP contribution in [0.1, 0.15) is 29.9 Å². The molecule has 1 aromatic heterocycles. The molecule has 130 valence electrons. The van der Waals surface area contributed by atoms with E-state index in [1.807, 2.05) is 6.07 Å². The third-order valence-electron chi connectivity index (χ3n) is 4.74. The number of pyridine rings is 1. The minimum absolute atomic E-state index is 0.303. The lowest BCUT2D eigenvalue weighted by Gasteiger charge is -2.34. The van der Waals surface area contributed by atoms with Crippen molar-refractivity contribution in [3.8, 4) is 11.1 Å². The van der Waals surface area contributed by atoms with E-state index >= 15 is 0 Å². The first-order valence-corrected chi connectivity index (χ1v) is 8.43. The fraction of sp³-hybridized carbons (Fsp3) is 0.368. The van der Waals surface area contributed by atoms with Crippen LogP contribution >= 0.6 is 0 Å². The van der Waals surface area contributed by atoms with E-state index in [4.69, 9.17) is 4.84 Å².